The van der Waals surface area contributed by atoms with Crippen molar-refractivity contribution in [1.29, 1.82) is 0 Å². The third-order valence-corrected chi connectivity index (χ3v) is 7.48. The van der Waals surface area contributed by atoms with Gasteiger partial charge >= 0.3 is 13.7 Å². The molecule has 4 atom stereocenters. The number of anilines is 2. The van der Waals surface area contributed by atoms with Crippen LogP contribution < -0.4 is 20.2 Å². The molecule has 0 aliphatic heterocycles. The molecule has 0 radical (unpaired) electrons. The molecule has 38 heavy (non-hydrogen) atoms. The molecule has 4 rings (SSSR count). The topological polar surface area (TPSA) is 147 Å². The Morgan fingerprint density at radius 2 is 1.95 bits per heavy atom. The third kappa shape index (κ3) is 6.50. The first-order valence-corrected chi connectivity index (χ1v) is 13.9. The number of carbonyl (C=O) groups excluding carboxylic acids is 1. The van der Waals surface area contributed by atoms with Crippen molar-refractivity contribution in [3.8, 4) is 5.75 Å². The number of nitrogens with one attached hydrogen (secondary N) is 1. The Hall–Kier alpha value is -3.47. The van der Waals surface area contributed by atoms with E-state index in [1.54, 1.807) is 51.4 Å². The van der Waals surface area contributed by atoms with Crippen molar-refractivity contribution in [3.05, 3.63) is 48.8 Å². The molecule has 1 aliphatic rings. The van der Waals surface area contributed by atoms with Crippen LogP contribution in [-0.2, 0) is 18.6 Å². The van der Waals surface area contributed by atoms with Gasteiger partial charge in [0.05, 0.1) is 25.1 Å². The number of carbonyl (C=O) groups is 1. The van der Waals surface area contributed by atoms with Crippen LogP contribution in [0.5, 0.6) is 5.75 Å². The summed E-state index contributed by atoms with van der Waals surface area (Å²) in [6, 6.07) is 7.70. The van der Waals surface area contributed by atoms with Gasteiger partial charge in [-0.25, -0.2) is 9.55 Å². The number of nitrogens with two attached hydrogens (primary N) is 1. The number of imidazole rings is 1. The number of para-hydroxylation sites is 1. The van der Waals surface area contributed by atoms with E-state index in [4.69, 9.17) is 19.5 Å². The minimum atomic E-state index is -3.94. The number of ether oxygens (including phenoxy) is 1. The van der Waals surface area contributed by atoms with Gasteiger partial charge in [0.2, 0.25) is 5.95 Å². The van der Waals surface area contributed by atoms with Crippen LogP contribution in [0, 0.1) is 5.92 Å². The third-order valence-electron chi connectivity index (χ3n) is 5.84. The molecule has 12 nitrogen and oxygen atoms in total. The van der Waals surface area contributed by atoms with E-state index in [-0.39, 0.29) is 30.6 Å². The van der Waals surface area contributed by atoms with Gasteiger partial charge in [0.25, 0.3) is 0 Å². The van der Waals surface area contributed by atoms with Crippen LogP contribution in [-0.4, -0.2) is 58.3 Å². The number of fused-ring (bicyclic) bond motifs is 1. The molecule has 2 heterocycles. The molecule has 0 unspecified atom stereocenters. The first-order valence-electron chi connectivity index (χ1n) is 12.4. The van der Waals surface area contributed by atoms with E-state index < -0.39 is 19.8 Å². The largest absolute Gasteiger partial charge is 0.462 e. The van der Waals surface area contributed by atoms with Crippen LogP contribution >= 0.6 is 7.75 Å². The first kappa shape index (κ1) is 27.6. The number of aromatic nitrogens is 4. The van der Waals surface area contributed by atoms with Gasteiger partial charge in [-0.1, -0.05) is 30.4 Å². The quantitative estimate of drug-likeness (QED) is 0.207. The van der Waals surface area contributed by atoms with E-state index in [2.05, 4.69) is 20.0 Å². The van der Waals surface area contributed by atoms with E-state index in [1.807, 2.05) is 41.8 Å². The van der Waals surface area contributed by atoms with E-state index >= 15 is 0 Å². The monoisotopic (exact) mass is 543 g/mol. The van der Waals surface area contributed by atoms with Crippen molar-refractivity contribution in [1.82, 2.24) is 24.6 Å². The number of nitrogens with zero attached hydrogens (tertiary/aromatic N) is 5. The maximum absolute atomic E-state index is 13.7. The lowest BCUT2D eigenvalue weighted by Crippen LogP contribution is -2.36. The normalized spacial score (nSPS) is 19.4. The standard InChI is InChI=1S/C25H34N7O5P/c1-16(2)36-24(33)17(3)30-38(34,37-20-9-7-6-8-10-20)35-14-18-11-12-19(13-18)32-15-27-21-22(31(4)5)28-25(26)29-23(21)32/h6-12,15-19H,13-14H2,1-5H3,(H,30,34)(H2,26,28,29)/t17-,18+,19-,38-/m0/s1. The number of allylic oxidation sites excluding steroid dienone is 1. The lowest BCUT2D eigenvalue weighted by atomic mass is 10.1. The van der Waals surface area contributed by atoms with E-state index in [9.17, 15) is 9.36 Å². The summed E-state index contributed by atoms with van der Waals surface area (Å²) in [6.07, 6.45) is 6.09. The number of benzene rings is 1. The highest BCUT2D eigenvalue weighted by molar-refractivity contribution is 7.52. The fraction of sp³-hybridized carbons (Fsp3) is 0.440. The summed E-state index contributed by atoms with van der Waals surface area (Å²) >= 11 is 0. The van der Waals surface area contributed by atoms with Crippen LogP contribution in [0.2, 0.25) is 0 Å². The Bertz CT molecular complexity index is 1340. The van der Waals surface area contributed by atoms with Gasteiger partial charge in [-0.2, -0.15) is 15.1 Å². The summed E-state index contributed by atoms with van der Waals surface area (Å²) in [5.74, 6) is 0.541. The molecule has 3 N–H and O–H groups in total. The van der Waals surface area contributed by atoms with Crippen LogP contribution in [0.4, 0.5) is 11.8 Å². The lowest BCUT2D eigenvalue weighted by molar-refractivity contribution is -0.149. The number of hydrogen-bond donors (Lipinski definition) is 2. The highest BCUT2D eigenvalue weighted by atomic mass is 31.2. The van der Waals surface area contributed by atoms with Crippen molar-refractivity contribution in [3.63, 3.8) is 0 Å². The van der Waals surface area contributed by atoms with E-state index in [1.165, 1.54) is 0 Å². The zero-order chi connectivity index (χ0) is 27.4. The molecule has 0 spiro atoms. The number of hydrogen-bond acceptors (Lipinski definition) is 10. The molecular formula is C25H34N7O5P. The van der Waals surface area contributed by atoms with Crippen molar-refractivity contribution < 1.29 is 23.1 Å². The Kier molecular flexibility index (Phi) is 8.35. The molecule has 1 aromatic carbocycles. The molecule has 0 fully saturated rings. The predicted molar refractivity (Wildman–Crippen MR) is 145 cm³/mol. The zero-order valence-corrected chi connectivity index (χ0v) is 23.0. The van der Waals surface area contributed by atoms with Crippen molar-refractivity contribution in [2.45, 2.75) is 45.4 Å². The molecule has 0 amide bonds. The number of rotatable bonds is 11. The van der Waals surface area contributed by atoms with Crippen LogP contribution in [0.3, 0.4) is 0 Å². The molecule has 0 bridgehead atoms. The SMILES string of the molecule is CC(C)OC(=O)[C@H](C)N[P@](=O)(OC[C@@H]1C=C[C@H](n2cnc3c(N(C)C)nc(N)nc32)C1)Oc1ccccc1. The minimum Gasteiger partial charge on any atom is -0.462 e. The number of nitrogen functional groups attached to an aromatic ring is 1. The van der Waals surface area contributed by atoms with Crippen LogP contribution in [0.1, 0.15) is 33.2 Å². The fourth-order valence-electron chi connectivity index (χ4n) is 4.08. The molecule has 204 valence electrons. The summed E-state index contributed by atoms with van der Waals surface area (Å²) in [7, 11) is -0.194. The molecule has 0 saturated heterocycles. The summed E-state index contributed by atoms with van der Waals surface area (Å²) in [6.45, 7) is 5.15. The predicted octanol–water partition coefficient (Wildman–Crippen LogP) is 3.73. The van der Waals surface area contributed by atoms with Gasteiger partial charge in [-0.05, 0) is 39.3 Å². The summed E-state index contributed by atoms with van der Waals surface area (Å²) in [5, 5.41) is 2.72. The molecule has 1 aliphatic carbocycles. The second-order valence-electron chi connectivity index (χ2n) is 9.61. The van der Waals surface area contributed by atoms with Gasteiger partial charge in [-0.15, -0.1) is 0 Å². The van der Waals surface area contributed by atoms with Crippen LogP contribution in [0.15, 0.2) is 48.8 Å². The van der Waals surface area contributed by atoms with Gasteiger partial charge in [0.15, 0.2) is 17.0 Å². The van der Waals surface area contributed by atoms with Gasteiger partial charge in [0.1, 0.15) is 11.8 Å². The van der Waals surface area contributed by atoms with Gasteiger partial charge < -0.3 is 24.5 Å². The molecule has 2 aromatic heterocycles. The van der Waals surface area contributed by atoms with Crippen molar-refractivity contribution in [2.24, 2.45) is 5.92 Å². The summed E-state index contributed by atoms with van der Waals surface area (Å²) in [5.41, 5.74) is 7.24. The summed E-state index contributed by atoms with van der Waals surface area (Å²) in [4.78, 5) is 27.4. The van der Waals surface area contributed by atoms with E-state index in [0.717, 1.165) is 0 Å². The minimum absolute atomic E-state index is 0.0553. The smallest absolute Gasteiger partial charge is 0.459 e. The maximum atomic E-state index is 13.7. The Morgan fingerprint density at radius 3 is 2.63 bits per heavy atom. The average molecular weight is 544 g/mol. The van der Waals surface area contributed by atoms with Gasteiger partial charge in [0, 0.05) is 20.0 Å². The molecule has 3 aromatic rings. The highest BCUT2D eigenvalue weighted by Crippen LogP contribution is 2.46. The maximum Gasteiger partial charge on any atom is 0.459 e. The Labute approximate surface area is 221 Å². The van der Waals surface area contributed by atoms with Crippen LogP contribution in [0.25, 0.3) is 11.2 Å². The fourth-order valence-corrected chi connectivity index (χ4v) is 5.63. The van der Waals surface area contributed by atoms with Crippen molar-refractivity contribution >= 4 is 36.6 Å². The Morgan fingerprint density at radius 1 is 1.21 bits per heavy atom. The van der Waals surface area contributed by atoms with Gasteiger partial charge in [-0.3, -0.25) is 9.32 Å². The molecular weight excluding hydrogens is 509 g/mol. The molecule has 0 saturated carbocycles. The lowest BCUT2D eigenvalue weighted by Gasteiger charge is -2.24. The Balaban J connectivity index is 1.46. The first-order chi connectivity index (χ1) is 18.0. The second kappa shape index (κ2) is 11.5. The van der Waals surface area contributed by atoms with Crippen molar-refractivity contribution in [2.75, 3.05) is 31.3 Å². The summed E-state index contributed by atoms with van der Waals surface area (Å²) < 4.78 is 32.5. The highest BCUT2D eigenvalue weighted by Gasteiger charge is 2.34. The average Bonchev–Trinajstić information content (AvgIpc) is 3.49. The zero-order valence-electron chi connectivity index (χ0n) is 22.1. The second-order valence-corrected chi connectivity index (χ2v) is 11.3. The molecule has 13 heteroatoms. The number of esters is 1. The van der Waals surface area contributed by atoms with E-state index in [0.29, 0.717) is 29.2 Å².